The van der Waals surface area contributed by atoms with Gasteiger partial charge in [-0.15, -0.1) is 11.8 Å². The zero-order valence-electron chi connectivity index (χ0n) is 20.3. The van der Waals surface area contributed by atoms with E-state index in [-0.39, 0.29) is 31.4 Å². The quantitative estimate of drug-likeness (QED) is 0.447. The fourth-order valence-corrected chi connectivity index (χ4v) is 4.40. The zero-order valence-corrected chi connectivity index (χ0v) is 20.3. The van der Waals surface area contributed by atoms with Gasteiger partial charge in [0.05, 0.1) is 5.92 Å². The second-order valence-electron chi connectivity index (χ2n) is 9.06. The summed E-state index contributed by atoms with van der Waals surface area (Å²) in [7, 11) is 0. The van der Waals surface area contributed by atoms with Gasteiger partial charge in [0.2, 0.25) is 5.91 Å². The van der Waals surface area contributed by atoms with Gasteiger partial charge in [-0.2, -0.15) is 0 Å². The summed E-state index contributed by atoms with van der Waals surface area (Å²) < 4.78 is 5.55. The molecule has 1 aliphatic carbocycles. The van der Waals surface area contributed by atoms with Crippen molar-refractivity contribution in [1.82, 2.24) is 10.6 Å². The van der Waals surface area contributed by atoms with Crippen LogP contribution in [-0.4, -0.2) is 42.3 Å². The van der Waals surface area contributed by atoms with Crippen LogP contribution in [0.5, 0.6) is 0 Å². The molecule has 3 N–H and O–H groups in total. The van der Waals surface area contributed by atoms with E-state index in [4.69, 9.17) is 4.74 Å². The number of aliphatic carboxylic acids is 1. The highest BCUT2D eigenvalue weighted by Gasteiger charge is 2.30. The van der Waals surface area contributed by atoms with Gasteiger partial charge in [0.1, 0.15) is 12.6 Å². The number of fused-ring (bicyclic) bond motifs is 3. The van der Waals surface area contributed by atoms with E-state index in [0.717, 1.165) is 22.3 Å². The van der Waals surface area contributed by atoms with Gasteiger partial charge in [-0.3, -0.25) is 4.79 Å². The van der Waals surface area contributed by atoms with Crippen LogP contribution in [0.3, 0.4) is 0 Å². The number of nitrogens with one attached hydrogen (secondary N) is 2. The lowest BCUT2D eigenvalue weighted by molar-refractivity contribution is -0.142. The van der Waals surface area contributed by atoms with Gasteiger partial charge in [-0.25, -0.2) is 9.59 Å². The number of hydrogen-bond acceptors (Lipinski definition) is 4. The Morgan fingerprint density at radius 3 is 2.17 bits per heavy atom. The van der Waals surface area contributed by atoms with Crippen LogP contribution in [0, 0.1) is 23.7 Å². The van der Waals surface area contributed by atoms with Crippen LogP contribution < -0.4 is 10.6 Å². The van der Waals surface area contributed by atoms with Crippen molar-refractivity contribution >= 4 is 18.0 Å². The Morgan fingerprint density at radius 2 is 1.63 bits per heavy atom. The first-order valence-corrected chi connectivity index (χ1v) is 11.8. The van der Waals surface area contributed by atoms with Gasteiger partial charge < -0.3 is 20.5 Å². The summed E-state index contributed by atoms with van der Waals surface area (Å²) >= 11 is 0. The molecule has 1 aliphatic rings. The van der Waals surface area contributed by atoms with E-state index in [9.17, 15) is 19.5 Å². The van der Waals surface area contributed by atoms with Crippen LogP contribution in [0.4, 0.5) is 4.79 Å². The molecular weight excluding hydrogens is 444 g/mol. The van der Waals surface area contributed by atoms with Crippen LogP contribution in [-0.2, 0) is 14.3 Å². The van der Waals surface area contributed by atoms with Crippen LogP contribution in [0.15, 0.2) is 48.5 Å². The average Bonchev–Trinajstić information content (AvgIpc) is 3.16. The molecule has 2 unspecified atom stereocenters. The van der Waals surface area contributed by atoms with E-state index in [1.807, 2.05) is 50.2 Å². The number of rotatable bonds is 10. The Hall–Kier alpha value is -3.79. The molecule has 0 radical (unpaired) electrons. The molecule has 7 heteroatoms. The standard InChI is InChI=1S/C28H32N2O5/c1-4-5-14-25(27(32)33)30-26(31)19(15-18(2)3)16-29-28(34)35-17-24-22-12-8-6-10-20(22)21-11-7-9-13-23(21)24/h6-13,18-19,24-25H,14-17H2,1-3H3,(H,29,34)(H,30,31)(H,32,33). The molecule has 0 spiro atoms. The summed E-state index contributed by atoms with van der Waals surface area (Å²) in [4.78, 5) is 36.8. The van der Waals surface area contributed by atoms with E-state index < -0.39 is 29.9 Å². The summed E-state index contributed by atoms with van der Waals surface area (Å²) in [5.74, 6) is 3.28. The third-order valence-electron chi connectivity index (χ3n) is 6.06. The summed E-state index contributed by atoms with van der Waals surface area (Å²) in [6.07, 6.45) is -0.104. The second kappa shape index (κ2) is 12.1. The molecule has 2 amide bonds. The lowest BCUT2D eigenvalue weighted by Gasteiger charge is -2.21. The molecule has 184 valence electrons. The largest absolute Gasteiger partial charge is 0.480 e. The lowest BCUT2D eigenvalue weighted by atomic mass is 9.95. The minimum Gasteiger partial charge on any atom is -0.480 e. The van der Waals surface area contributed by atoms with Gasteiger partial charge in [-0.05, 0) is 41.5 Å². The van der Waals surface area contributed by atoms with E-state index in [2.05, 4.69) is 34.6 Å². The Balaban J connectivity index is 1.59. The maximum Gasteiger partial charge on any atom is 0.407 e. The fourth-order valence-electron chi connectivity index (χ4n) is 4.40. The molecule has 0 heterocycles. The molecule has 2 aromatic carbocycles. The van der Waals surface area contributed by atoms with E-state index in [1.165, 1.54) is 0 Å². The second-order valence-corrected chi connectivity index (χ2v) is 9.06. The molecule has 2 aromatic rings. The smallest absolute Gasteiger partial charge is 0.407 e. The molecule has 0 saturated carbocycles. The molecule has 2 atom stereocenters. The average molecular weight is 477 g/mol. The first kappa shape index (κ1) is 25.8. The number of carboxylic acid groups (broad SMARTS) is 1. The van der Waals surface area contributed by atoms with Gasteiger partial charge >= 0.3 is 12.1 Å². The first-order valence-electron chi connectivity index (χ1n) is 11.8. The highest BCUT2D eigenvalue weighted by atomic mass is 16.5. The molecule has 0 bridgehead atoms. The topological polar surface area (TPSA) is 105 Å². The van der Waals surface area contributed by atoms with Crippen LogP contribution in [0.2, 0.25) is 0 Å². The zero-order chi connectivity index (χ0) is 25.4. The Labute approximate surface area is 206 Å². The minimum absolute atomic E-state index is 0.0196. The maximum atomic E-state index is 12.8. The van der Waals surface area contributed by atoms with Crippen molar-refractivity contribution in [1.29, 1.82) is 0 Å². The third kappa shape index (κ3) is 6.63. The highest BCUT2D eigenvalue weighted by Crippen LogP contribution is 2.44. The molecule has 0 aromatic heterocycles. The SMILES string of the molecule is CC#CCC(NC(=O)C(CNC(=O)OCC1c2ccccc2-c2ccccc21)CC(C)C)C(=O)O. The number of alkyl carbamates (subject to hydrolysis) is 1. The summed E-state index contributed by atoms with van der Waals surface area (Å²) in [6.45, 7) is 5.76. The molecular formula is C28H32N2O5. The molecule has 0 fully saturated rings. The summed E-state index contributed by atoms with van der Waals surface area (Å²) in [5, 5.41) is 14.6. The van der Waals surface area contributed by atoms with Crippen LogP contribution >= 0.6 is 0 Å². The fraction of sp³-hybridized carbons (Fsp3) is 0.393. The summed E-state index contributed by atoms with van der Waals surface area (Å²) in [6, 6.07) is 15.1. The molecule has 35 heavy (non-hydrogen) atoms. The summed E-state index contributed by atoms with van der Waals surface area (Å²) in [5.41, 5.74) is 4.53. The number of ether oxygens (including phenoxy) is 1. The Morgan fingerprint density at radius 1 is 1.03 bits per heavy atom. The van der Waals surface area contributed by atoms with Crippen molar-refractivity contribution in [2.75, 3.05) is 13.2 Å². The monoisotopic (exact) mass is 476 g/mol. The third-order valence-corrected chi connectivity index (χ3v) is 6.06. The van der Waals surface area contributed by atoms with Crippen molar-refractivity contribution in [2.45, 2.75) is 45.6 Å². The number of amides is 2. The predicted octanol–water partition coefficient (Wildman–Crippen LogP) is 4.17. The molecule has 0 saturated heterocycles. The van der Waals surface area contributed by atoms with E-state index in [0.29, 0.717) is 6.42 Å². The number of hydrogen-bond donors (Lipinski definition) is 3. The number of carbonyl (C=O) groups is 3. The van der Waals surface area contributed by atoms with Crippen LogP contribution in [0.1, 0.15) is 50.7 Å². The maximum absolute atomic E-state index is 12.8. The lowest BCUT2D eigenvalue weighted by Crippen LogP contribution is -2.46. The normalized spacial score (nSPS) is 13.6. The number of carbonyl (C=O) groups excluding carboxylic acids is 2. The predicted molar refractivity (Wildman–Crippen MR) is 134 cm³/mol. The molecule has 7 nitrogen and oxygen atoms in total. The molecule has 3 rings (SSSR count). The number of carboxylic acids is 1. The van der Waals surface area contributed by atoms with Crippen molar-refractivity contribution in [3.8, 4) is 23.0 Å². The van der Waals surface area contributed by atoms with Crippen molar-refractivity contribution in [3.05, 3.63) is 59.7 Å². The van der Waals surface area contributed by atoms with Gasteiger partial charge in [0.15, 0.2) is 0 Å². The van der Waals surface area contributed by atoms with Crippen molar-refractivity contribution < 1.29 is 24.2 Å². The Kier molecular flexibility index (Phi) is 8.91. The number of benzene rings is 2. The first-order chi connectivity index (χ1) is 16.8. The molecule has 0 aliphatic heterocycles. The van der Waals surface area contributed by atoms with E-state index >= 15 is 0 Å². The van der Waals surface area contributed by atoms with Gasteiger partial charge in [0, 0.05) is 18.9 Å². The van der Waals surface area contributed by atoms with Gasteiger partial charge in [-0.1, -0.05) is 62.4 Å². The minimum atomic E-state index is -1.14. The van der Waals surface area contributed by atoms with Gasteiger partial charge in [0.25, 0.3) is 0 Å². The van der Waals surface area contributed by atoms with Crippen molar-refractivity contribution in [3.63, 3.8) is 0 Å². The highest BCUT2D eigenvalue weighted by molar-refractivity contribution is 5.85. The van der Waals surface area contributed by atoms with Crippen LogP contribution in [0.25, 0.3) is 11.1 Å². The Bertz CT molecular complexity index is 1090. The van der Waals surface area contributed by atoms with E-state index in [1.54, 1.807) is 6.92 Å². The van der Waals surface area contributed by atoms with Crippen molar-refractivity contribution in [2.24, 2.45) is 11.8 Å².